The number of aliphatic hydroxyl groups is 1. The molecule has 3 aromatic carbocycles. The minimum Gasteiger partial charge on any atom is -1.00 e. The number of aliphatic carboxylic acids is 1. The third-order valence-corrected chi connectivity index (χ3v) is 8.25. The Kier molecular flexibility index (Phi) is 11.3. The Hall–Kier alpha value is -1.62. The first-order valence-corrected chi connectivity index (χ1v) is 13.1. The molecule has 1 aliphatic rings. The number of hydrogen-bond donors (Lipinski definition) is 3. The molecule has 4 aromatic rings. The van der Waals surface area contributed by atoms with Gasteiger partial charge in [-0.1, -0.05) is 36.4 Å². The fraction of sp³-hybridized carbons (Fsp3) is 0.276. The summed E-state index contributed by atoms with van der Waals surface area (Å²) in [5, 5.41) is 32.6. The van der Waals surface area contributed by atoms with Gasteiger partial charge in [0, 0.05) is 16.7 Å². The molecule has 0 bridgehead atoms. The summed E-state index contributed by atoms with van der Waals surface area (Å²) in [6.07, 6.45) is 1.98. The monoisotopic (exact) mass is 565 g/mol. The van der Waals surface area contributed by atoms with E-state index >= 15 is 0 Å². The van der Waals surface area contributed by atoms with Gasteiger partial charge in [0.25, 0.3) is 0 Å². The molecule has 3 N–H and O–H groups in total. The van der Waals surface area contributed by atoms with Gasteiger partial charge < -0.3 is 22.9 Å². The standard InChI is InChI=1S/C29H27NO6S.2Na.2H/c1-36-28-22(29(34)35)14-18-10-12-19(15-23(18)30-28)37-27(24(31)6-3-7-25(32)33)21-13-11-17-9-8-16-4-2-5-20(21)26(16)17;;;;/h2,4-5,10-15,24,27,31H,3,6-9H2,1H3,(H,32,33)(H,34,35);;;;/q;2*+1;2*-1. The average Bonchev–Trinajstić information content (AvgIpc) is 3.31. The molecule has 10 heteroatoms. The smallest absolute Gasteiger partial charge is 1.00 e. The predicted molar refractivity (Wildman–Crippen MR) is 145 cm³/mol. The number of carboxylic acid groups (broad SMARTS) is 2. The summed E-state index contributed by atoms with van der Waals surface area (Å²) in [5.74, 6) is -1.95. The molecule has 0 saturated carbocycles. The van der Waals surface area contributed by atoms with E-state index in [0.717, 1.165) is 28.7 Å². The Morgan fingerprint density at radius 2 is 1.79 bits per heavy atom. The van der Waals surface area contributed by atoms with Crippen LogP contribution < -0.4 is 63.9 Å². The molecule has 5 rings (SSSR count). The minimum absolute atomic E-state index is 0. The minimum atomic E-state index is -1.11. The maximum absolute atomic E-state index is 11.6. The molecule has 39 heavy (non-hydrogen) atoms. The van der Waals surface area contributed by atoms with Crippen LogP contribution in [-0.2, 0) is 17.6 Å². The molecule has 0 radical (unpaired) electrons. The van der Waals surface area contributed by atoms with Crippen LogP contribution in [0.2, 0.25) is 0 Å². The number of ether oxygens (including phenoxy) is 1. The topological polar surface area (TPSA) is 117 Å². The summed E-state index contributed by atoms with van der Waals surface area (Å²) in [6.45, 7) is 0. The van der Waals surface area contributed by atoms with Crippen molar-refractivity contribution in [2.24, 2.45) is 0 Å². The fourth-order valence-electron chi connectivity index (χ4n) is 5.14. The van der Waals surface area contributed by atoms with Gasteiger partial charge in [0.1, 0.15) is 5.56 Å². The molecule has 0 aliphatic heterocycles. The van der Waals surface area contributed by atoms with Crippen molar-refractivity contribution in [2.45, 2.75) is 48.4 Å². The van der Waals surface area contributed by atoms with Crippen LogP contribution in [0, 0.1) is 0 Å². The number of nitrogens with zero attached hydrogens (tertiary/aromatic N) is 1. The van der Waals surface area contributed by atoms with Crippen LogP contribution in [0.15, 0.2) is 59.5 Å². The molecule has 0 fully saturated rings. The number of fused-ring (bicyclic) bond motifs is 1. The molecule has 0 spiro atoms. The summed E-state index contributed by atoms with van der Waals surface area (Å²) >= 11 is 1.50. The summed E-state index contributed by atoms with van der Waals surface area (Å²) < 4.78 is 5.20. The zero-order valence-corrected chi connectivity index (χ0v) is 27.1. The van der Waals surface area contributed by atoms with E-state index in [2.05, 4.69) is 35.3 Å². The summed E-state index contributed by atoms with van der Waals surface area (Å²) in [7, 11) is 1.39. The normalized spacial score (nSPS) is 13.4. The molecule has 194 valence electrons. The van der Waals surface area contributed by atoms with Crippen LogP contribution in [0.3, 0.4) is 0 Å². The largest absolute Gasteiger partial charge is 1.00 e. The first-order valence-electron chi connectivity index (χ1n) is 12.2. The number of rotatable bonds is 10. The van der Waals surface area contributed by atoms with Crippen LogP contribution >= 0.6 is 11.8 Å². The summed E-state index contributed by atoms with van der Waals surface area (Å²) in [6, 6.07) is 17.7. The predicted octanol–water partition coefficient (Wildman–Crippen LogP) is -0.124. The average molecular weight is 566 g/mol. The van der Waals surface area contributed by atoms with Gasteiger partial charge in [-0.15, -0.1) is 11.8 Å². The Morgan fingerprint density at radius 3 is 2.49 bits per heavy atom. The van der Waals surface area contributed by atoms with Gasteiger partial charge in [-0.2, -0.15) is 0 Å². The molecule has 2 atom stereocenters. The number of aryl methyl sites for hydroxylation is 2. The molecule has 1 heterocycles. The van der Waals surface area contributed by atoms with Crippen molar-refractivity contribution in [1.82, 2.24) is 4.98 Å². The SMILES string of the molecule is COc1nc2cc(SC(c3ccc4c5c(cccc35)CC4)C(O)CCCC(=O)O)ccc2cc1C(=O)O.[H-].[H-].[Na+].[Na+]. The van der Waals surface area contributed by atoms with E-state index < -0.39 is 18.0 Å². The zero-order valence-electron chi connectivity index (χ0n) is 24.3. The van der Waals surface area contributed by atoms with Crippen LogP contribution in [0.5, 0.6) is 5.88 Å². The molecule has 0 saturated heterocycles. The van der Waals surface area contributed by atoms with Crippen molar-refractivity contribution in [3.8, 4) is 5.88 Å². The van der Waals surface area contributed by atoms with Gasteiger partial charge in [0.05, 0.1) is 24.0 Å². The maximum Gasteiger partial charge on any atom is 1.00 e. The molecule has 1 aromatic heterocycles. The van der Waals surface area contributed by atoms with Gasteiger partial charge in [-0.3, -0.25) is 4.79 Å². The number of aromatic carboxylic acids is 1. The number of carboxylic acids is 2. The Morgan fingerprint density at radius 1 is 1.05 bits per heavy atom. The Balaban J connectivity index is 0.00000210. The number of thioether (sulfide) groups is 1. The van der Waals surface area contributed by atoms with Crippen molar-refractivity contribution in [1.29, 1.82) is 0 Å². The van der Waals surface area contributed by atoms with E-state index in [-0.39, 0.29) is 85.1 Å². The van der Waals surface area contributed by atoms with Crippen LogP contribution in [0.25, 0.3) is 21.7 Å². The number of aliphatic hydroxyl groups excluding tert-OH is 1. The second kappa shape index (κ2) is 13.8. The van der Waals surface area contributed by atoms with E-state index in [9.17, 15) is 19.8 Å². The second-order valence-corrected chi connectivity index (χ2v) is 10.5. The number of pyridine rings is 1. The second-order valence-electron chi connectivity index (χ2n) is 9.25. The van der Waals surface area contributed by atoms with Crippen LogP contribution in [0.1, 0.15) is 54.4 Å². The summed E-state index contributed by atoms with van der Waals surface area (Å²) in [4.78, 5) is 27.9. The molecular formula is C29H29NNa2O6S. The van der Waals surface area contributed by atoms with Gasteiger partial charge in [-0.05, 0) is 71.3 Å². The molecular weight excluding hydrogens is 536 g/mol. The quantitative estimate of drug-likeness (QED) is 0.180. The van der Waals surface area contributed by atoms with E-state index in [1.807, 2.05) is 18.2 Å². The Labute approximate surface area is 277 Å². The van der Waals surface area contributed by atoms with Crippen molar-refractivity contribution in [2.75, 3.05) is 7.11 Å². The number of methoxy groups -OCH3 is 1. The third-order valence-electron chi connectivity index (χ3n) is 6.90. The third kappa shape index (κ3) is 6.82. The van der Waals surface area contributed by atoms with E-state index in [1.165, 1.54) is 35.4 Å². The fourth-order valence-corrected chi connectivity index (χ4v) is 6.38. The molecule has 0 amide bonds. The molecule has 1 aliphatic carbocycles. The van der Waals surface area contributed by atoms with E-state index in [1.54, 1.807) is 6.07 Å². The van der Waals surface area contributed by atoms with E-state index in [4.69, 9.17) is 9.84 Å². The van der Waals surface area contributed by atoms with Crippen LogP contribution in [-0.4, -0.2) is 45.5 Å². The number of aromatic nitrogens is 1. The van der Waals surface area contributed by atoms with Gasteiger partial charge in [0.15, 0.2) is 0 Å². The molecule has 2 unspecified atom stereocenters. The van der Waals surface area contributed by atoms with Crippen molar-refractivity contribution in [3.63, 3.8) is 0 Å². The number of hydrogen-bond acceptors (Lipinski definition) is 6. The van der Waals surface area contributed by atoms with Crippen LogP contribution in [0.4, 0.5) is 0 Å². The number of benzene rings is 3. The first-order chi connectivity index (χ1) is 17.9. The summed E-state index contributed by atoms with van der Waals surface area (Å²) in [5.41, 5.74) is 4.23. The first kappa shape index (κ1) is 31.9. The van der Waals surface area contributed by atoms with E-state index in [0.29, 0.717) is 23.7 Å². The number of carbonyl (C=O) groups is 2. The Bertz CT molecular complexity index is 1530. The van der Waals surface area contributed by atoms with Crippen molar-refractivity contribution < 1.29 is 91.6 Å². The van der Waals surface area contributed by atoms with Gasteiger partial charge in [0.2, 0.25) is 5.88 Å². The molecule has 7 nitrogen and oxygen atoms in total. The van der Waals surface area contributed by atoms with Crippen molar-refractivity contribution in [3.05, 3.63) is 76.9 Å². The van der Waals surface area contributed by atoms with Gasteiger partial charge in [-0.25, -0.2) is 9.78 Å². The van der Waals surface area contributed by atoms with Gasteiger partial charge >= 0.3 is 71.1 Å². The van der Waals surface area contributed by atoms with Crippen molar-refractivity contribution >= 4 is 45.4 Å². The zero-order chi connectivity index (χ0) is 26.1. The maximum atomic E-state index is 11.6.